The fourth-order valence-electron chi connectivity index (χ4n) is 3.99. The van der Waals surface area contributed by atoms with Gasteiger partial charge in [0.2, 0.25) is 0 Å². The van der Waals surface area contributed by atoms with Crippen molar-refractivity contribution in [2.24, 2.45) is 5.14 Å². The average Bonchev–Trinajstić information content (AvgIpc) is 3.43. The van der Waals surface area contributed by atoms with E-state index >= 15 is 0 Å². The van der Waals surface area contributed by atoms with Crippen LogP contribution >= 0.6 is 11.9 Å². The van der Waals surface area contributed by atoms with Gasteiger partial charge in [0.15, 0.2) is 5.82 Å². The first-order valence-corrected chi connectivity index (χ1v) is 11.2. The molecule has 9 nitrogen and oxygen atoms in total. The molecule has 168 valence electrons. The van der Waals surface area contributed by atoms with Crippen LogP contribution in [-0.2, 0) is 0 Å². The third-order valence-corrected chi connectivity index (χ3v) is 6.26. The van der Waals surface area contributed by atoms with Crippen LogP contribution in [0.15, 0.2) is 53.4 Å². The number of nitrogens with zero attached hydrogens (tertiary/aromatic N) is 2. The van der Waals surface area contributed by atoms with Crippen LogP contribution < -0.4 is 15.2 Å². The Morgan fingerprint density at radius 2 is 2.06 bits per heavy atom. The summed E-state index contributed by atoms with van der Waals surface area (Å²) < 4.78 is 6.01. The van der Waals surface area contributed by atoms with Gasteiger partial charge in [-0.25, -0.2) is 0 Å². The Morgan fingerprint density at radius 1 is 1.28 bits per heavy atom. The van der Waals surface area contributed by atoms with E-state index in [1.807, 2.05) is 24.3 Å². The first-order chi connectivity index (χ1) is 15.4. The molecule has 1 aliphatic rings. The maximum absolute atomic E-state index is 10.8. The molecule has 32 heavy (non-hydrogen) atoms. The SMILES string of the molecule is CC(O)c1cc(Nc2cc(C3CCC(Oc4ccc([N+](=O)[O-])cc4)C3)[nH]n2)ccc1SN. The van der Waals surface area contributed by atoms with E-state index in [9.17, 15) is 15.2 Å². The lowest BCUT2D eigenvalue weighted by atomic mass is 10.0. The van der Waals surface area contributed by atoms with E-state index in [2.05, 4.69) is 15.5 Å². The lowest BCUT2D eigenvalue weighted by molar-refractivity contribution is -0.384. The van der Waals surface area contributed by atoms with Crippen molar-refractivity contribution in [2.45, 2.75) is 49.2 Å². The van der Waals surface area contributed by atoms with Gasteiger partial charge in [-0.1, -0.05) is 0 Å². The van der Waals surface area contributed by atoms with E-state index in [4.69, 9.17) is 9.88 Å². The summed E-state index contributed by atoms with van der Waals surface area (Å²) in [4.78, 5) is 11.2. The smallest absolute Gasteiger partial charge is 0.269 e. The van der Waals surface area contributed by atoms with Crippen LogP contribution in [-0.4, -0.2) is 26.3 Å². The summed E-state index contributed by atoms with van der Waals surface area (Å²) in [6.45, 7) is 1.71. The Hall–Kier alpha value is -3.08. The maximum Gasteiger partial charge on any atom is 0.269 e. The number of hydrogen-bond acceptors (Lipinski definition) is 8. The van der Waals surface area contributed by atoms with Crippen LogP contribution in [0.1, 0.15) is 49.5 Å². The molecule has 1 heterocycles. The predicted octanol–water partition coefficient (Wildman–Crippen LogP) is 4.80. The largest absolute Gasteiger partial charge is 0.490 e. The summed E-state index contributed by atoms with van der Waals surface area (Å²) in [5.41, 5.74) is 2.67. The fourth-order valence-corrected chi connectivity index (χ4v) is 4.50. The number of aliphatic hydroxyl groups is 1. The minimum absolute atomic E-state index is 0.0519. The van der Waals surface area contributed by atoms with E-state index in [1.165, 1.54) is 12.1 Å². The molecular weight excluding hydrogens is 430 g/mol. The van der Waals surface area contributed by atoms with Gasteiger partial charge < -0.3 is 15.2 Å². The molecule has 1 saturated carbocycles. The number of ether oxygens (including phenoxy) is 1. The zero-order chi connectivity index (χ0) is 22.7. The molecule has 0 spiro atoms. The van der Waals surface area contributed by atoms with Crippen molar-refractivity contribution >= 4 is 29.1 Å². The van der Waals surface area contributed by atoms with Gasteiger partial charge in [-0.15, -0.1) is 0 Å². The summed E-state index contributed by atoms with van der Waals surface area (Å²) in [7, 11) is 0. The van der Waals surface area contributed by atoms with Gasteiger partial charge in [0.05, 0.1) is 17.1 Å². The molecule has 0 radical (unpaired) electrons. The van der Waals surface area contributed by atoms with Crippen molar-refractivity contribution in [1.29, 1.82) is 0 Å². The normalized spacial score (nSPS) is 19.0. The number of hydrogen-bond donors (Lipinski definition) is 4. The Bertz CT molecular complexity index is 1090. The van der Waals surface area contributed by atoms with E-state index < -0.39 is 11.0 Å². The van der Waals surface area contributed by atoms with Crippen molar-refractivity contribution in [3.8, 4) is 5.75 Å². The molecule has 3 atom stereocenters. The highest BCUT2D eigenvalue weighted by Gasteiger charge is 2.29. The Labute approximate surface area is 189 Å². The molecule has 1 aromatic heterocycles. The van der Waals surface area contributed by atoms with Crippen LogP contribution in [0.25, 0.3) is 0 Å². The first-order valence-electron chi connectivity index (χ1n) is 10.3. The summed E-state index contributed by atoms with van der Waals surface area (Å²) >= 11 is 1.11. The molecule has 0 saturated heterocycles. The molecule has 4 rings (SSSR count). The summed E-state index contributed by atoms with van der Waals surface area (Å²) in [5, 5.41) is 37.2. The number of nitrogens with two attached hydrogens (primary N) is 1. The van der Waals surface area contributed by atoms with Crippen molar-refractivity contribution in [3.63, 3.8) is 0 Å². The van der Waals surface area contributed by atoms with Gasteiger partial charge in [0.1, 0.15) is 5.75 Å². The summed E-state index contributed by atoms with van der Waals surface area (Å²) in [6, 6.07) is 13.8. The molecule has 0 aliphatic heterocycles. The van der Waals surface area contributed by atoms with Crippen molar-refractivity contribution < 1.29 is 14.8 Å². The number of nitrogens with one attached hydrogen (secondary N) is 2. The number of H-pyrrole nitrogens is 1. The number of aromatic nitrogens is 2. The van der Waals surface area contributed by atoms with E-state index in [0.717, 1.165) is 53.1 Å². The molecule has 10 heteroatoms. The number of anilines is 2. The van der Waals surface area contributed by atoms with Gasteiger partial charge in [0.25, 0.3) is 5.69 Å². The standard InChI is InChI=1S/C22H25N5O4S/c1-13(28)19-11-15(3-9-21(19)32-23)24-22-12-20(25-26-22)14-2-6-18(10-14)31-17-7-4-16(5-8-17)27(29)30/h3-5,7-9,11-14,18,28H,2,6,10,23H2,1H3,(H2,24,25,26). The molecule has 2 aromatic carbocycles. The highest BCUT2D eigenvalue weighted by Crippen LogP contribution is 2.37. The highest BCUT2D eigenvalue weighted by molar-refractivity contribution is 7.97. The quantitative estimate of drug-likeness (QED) is 0.216. The number of benzene rings is 2. The number of nitro benzene ring substituents is 1. The third kappa shape index (κ3) is 5.04. The van der Waals surface area contributed by atoms with Crippen LogP contribution in [0, 0.1) is 10.1 Å². The third-order valence-electron chi connectivity index (χ3n) is 5.63. The molecule has 3 unspecified atom stereocenters. The van der Waals surface area contributed by atoms with Gasteiger partial charge >= 0.3 is 0 Å². The zero-order valence-corrected chi connectivity index (χ0v) is 18.3. The Morgan fingerprint density at radius 3 is 2.75 bits per heavy atom. The number of aromatic amines is 1. The number of non-ortho nitro benzene ring substituents is 1. The molecule has 1 fully saturated rings. The molecule has 0 bridgehead atoms. The highest BCUT2D eigenvalue weighted by atomic mass is 32.2. The van der Waals surface area contributed by atoms with Crippen molar-refractivity contribution in [3.05, 3.63) is 69.9 Å². The first kappa shape index (κ1) is 22.1. The second-order valence-corrected chi connectivity index (χ2v) is 8.56. The van der Waals surface area contributed by atoms with Gasteiger partial charge in [-0.05, 0) is 74.0 Å². The second kappa shape index (κ2) is 9.60. The van der Waals surface area contributed by atoms with Gasteiger partial charge in [-0.2, -0.15) is 5.10 Å². The monoisotopic (exact) mass is 455 g/mol. The minimum Gasteiger partial charge on any atom is -0.490 e. The number of aliphatic hydroxyl groups excluding tert-OH is 1. The predicted molar refractivity (Wildman–Crippen MR) is 123 cm³/mol. The lowest BCUT2D eigenvalue weighted by Crippen LogP contribution is -2.12. The van der Waals surface area contributed by atoms with E-state index in [1.54, 1.807) is 19.1 Å². The van der Waals surface area contributed by atoms with E-state index in [0.29, 0.717) is 17.5 Å². The maximum atomic E-state index is 10.8. The molecule has 1 aliphatic carbocycles. The molecule has 0 amide bonds. The van der Waals surface area contributed by atoms with Crippen LogP contribution in [0.4, 0.5) is 17.2 Å². The molecule has 3 aromatic rings. The van der Waals surface area contributed by atoms with Gasteiger partial charge in [-0.3, -0.25) is 20.4 Å². The number of nitro groups is 1. The van der Waals surface area contributed by atoms with Crippen LogP contribution in [0.3, 0.4) is 0 Å². The minimum atomic E-state index is -0.622. The second-order valence-electron chi connectivity index (χ2n) is 7.88. The Balaban J connectivity index is 1.37. The fraction of sp³-hybridized carbons (Fsp3) is 0.318. The Kier molecular flexibility index (Phi) is 6.63. The van der Waals surface area contributed by atoms with Crippen molar-refractivity contribution in [1.82, 2.24) is 10.2 Å². The molecule has 5 N–H and O–H groups in total. The molecular formula is C22H25N5O4S. The van der Waals surface area contributed by atoms with Crippen LogP contribution in [0.5, 0.6) is 5.75 Å². The average molecular weight is 456 g/mol. The lowest BCUT2D eigenvalue weighted by Gasteiger charge is -2.13. The zero-order valence-electron chi connectivity index (χ0n) is 17.5. The topological polar surface area (TPSA) is 139 Å². The van der Waals surface area contributed by atoms with Crippen molar-refractivity contribution in [2.75, 3.05) is 5.32 Å². The summed E-state index contributed by atoms with van der Waals surface area (Å²) in [5.74, 6) is 1.63. The van der Waals surface area contributed by atoms with E-state index in [-0.39, 0.29) is 11.8 Å². The van der Waals surface area contributed by atoms with Gasteiger partial charge in [0, 0.05) is 40.4 Å². The number of rotatable bonds is 8. The summed E-state index contributed by atoms with van der Waals surface area (Å²) in [6.07, 6.45) is 2.14. The van der Waals surface area contributed by atoms with Crippen LogP contribution in [0.2, 0.25) is 0 Å².